The molecule has 0 bridgehead atoms. The summed E-state index contributed by atoms with van der Waals surface area (Å²) in [5.41, 5.74) is 1.49. The number of para-hydroxylation sites is 1. The number of hydrogen-bond donors (Lipinski definition) is 0. The van der Waals surface area contributed by atoms with E-state index >= 15 is 0 Å². The van der Waals surface area contributed by atoms with Crippen molar-refractivity contribution < 1.29 is 9.59 Å². The smallest absolute Gasteiger partial charge is 0.295 e. The van der Waals surface area contributed by atoms with Gasteiger partial charge >= 0.3 is 0 Å². The Hall–Kier alpha value is -1.79. The van der Waals surface area contributed by atoms with E-state index in [1.54, 1.807) is 12.1 Å². The van der Waals surface area contributed by atoms with E-state index in [0.717, 1.165) is 21.9 Å². The zero-order valence-corrected chi connectivity index (χ0v) is 14.2. The van der Waals surface area contributed by atoms with Gasteiger partial charge in [-0.3, -0.25) is 9.59 Å². The maximum absolute atomic E-state index is 12.6. The summed E-state index contributed by atoms with van der Waals surface area (Å²) in [6.45, 7) is 0. The Balaban J connectivity index is 1.87. The predicted molar refractivity (Wildman–Crippen MR) is 93.2 cm³/mol. The molecule has 1 heterocycles. The summed E-state index contributed by atoms with van der Waals surface area (Å²) in [5.74, 6) is -0.219. The SMILES string of the molecule is CN(c1ccccc1)C1SC(=O)N(c2ccc(Br)cc2)C1=O. The highest BCUT2D eigenvalue weighted by atomic mass is 79.9. The second-order valence-corrected chi connectivity index (χ2v) is 6.78. The predicted octanol–water partition coefficient (Wildman–Crippen LogP) is 4.11. The fourth-order valence-corrected chi connectivity index (χ4v) is 3.51. The largest absolute Gasteiger partial charge is 0.354 e. The number of halogens is 1. The van der Waals surface area contributed by atoms with E-state index in [9.17, 15) is 9.59 Å². The molecule has 6 heteroatoms. The maximum atomic E-state index is 12.6. The topological polar surface area (TPSA) is 40.6 Å². The van der Waals surface area contributed by atoms with Crippen LogP contribution >= 0.6 is 27.7 Å². The van der Waals surface area contributed by atoms with E-state index in [1.807, 2.05) is 54.4 Å². The van der Waals surface area contributed by atoms with Crippen LogP contribution in [0.3, 0.4) is 0 Å². The van der Waals surface area contributed by atoms with Gasteiger partial charge in [0, 0.05) is 17.2 Å². The molecule has 1 saturated heterocycles. The number of benzene rings is 2. The van der Waals surface area contributed by atoms with Crippen LogP contribution in [-0.2, 0) is 4.79 Å². The average Bonchev–Trinajstić information content (AvgIpc) is 2.83. The Morgan fingerprint density at radius 1 is 1.05 bits per heavy atom. The third-order valence-electron chi connectivity index (χ3n) is 3.43. The summed E-state index contributed by atoms with van der Waals surface area (Å²) in [6.07, 6.45) is 0. The zero-order valence-electron chi connectivity index (χ0n) is 11.8. The molecule has 2 aromatic rings. The highest BCUT2D eigenvalue weighted by Crippen LogP contribution is 2.35. The number of thioether (sulfide) groups is 1. The summed E-state index contributed by atoms with van der Waals surface area (Å²) in [4.78, 5) is 28.0. The van der Waals surface area contributed by atoms with E-state index in [1.165, 1.54) is 4.90 Å². The first kappa shape index (κ1) is 15.1. The summed E-state index contributed by atoms with van der Waals surface area (Å²) in [6, 6.07) is 16.7. The summed E-state index contributed by atoms with van der Waals surface area (Å²) < 4.78 is 0.904. The van der Waals surface area contributed by atoms with Gasteiger partial charge in [-0.05, 0) is 48.2 Å². The Bertz CT molecular complexity index is 706. The molecule has 2 aromatic carbocycles. The van der Waals surface area contributed by atoms with Crippen molar-refractivity contribution in [1.82, 2.24) is 0 Å². The van der Waals surface area contributed by atoms with Crippen molar-refractivity contribution in [3.8, 4) is 0 Å². The zero-order chi connectivity index (χ0) is 15.7. The third kappa shape index (κ3) is 2.76. The molecule has 4 nitrogen and oxygen atoms in total. The van der Waals surface area contributed by atoms with Crippen molar-refractivity contribution >= 4 is 50.2 Å². The first-order chi connectivity index (χ1) is 10.6. The minimum atomic E-state index is -0.543. The number of nitrogens with zero attached hydrogens (tertiary/aromatic N) is 2. The number of carbonyl (C=O) groups excluding carboxylic acids is 2. The normalized spacial score (nSPS) is 17.9. The molecule has 1 fully saturated rings. The number of anilines is 2. The van der Waals surface area contributed by atoms with E-state index in [2.05, 4.69) is 15.9 Å². The van der Waals surface area contributed by atoms with Gasteiger partial charge < -0.3 is 4.90 Å². The number of imide groups is 1. The molecule has 1 unspecified atom stereocenters. The number of carbonyl (C=O) groups is 2. The molecule has 0 aliphatic carbocycles. The van der Waals surface area contributed by atoms with Crippen molar-refractivity contribution in [1.29, 1.82) is 0 Å². The number of amides is 2. The molecule has 22 heavy (non-hydrogen) atoms. The van der Waals surface area contributed by atoms with Gasteiger partial charge in [-0.2, -0.15) is 0 Å². The van der Waals surface area contributed by atoms with Crippen LogP contribution in [0.25, 0.3) is 0 Å². The molecule has 2 amide bonds. The van der Waals surface area contributed by atoms with Gasteiger partial charge in [-0.25, -0.2) is 4.90 Å². The first-order valence-electron chi connectivity index (χ1n) is 6.66. The standard InChI is InChI=1S/C16H13BrN2O2S/c1-18(12-5-3-2-4-6-12)15-14(20)19(16(21)22-15)13-9-7-11(17)8-10-13/h2-10,15H,1H3. The number of hydrogen-bond acceptors (Lipinski definition) is 4. The van der Waals surface area contributed by atoms with Gasteiger partial charge in [-0.1, -0.05) is 34.1 Å². The molecular formula is C16H13BrN2O2S. The van der Waals surface area contributed by atoms with Crippen LogP contribution in [0.5, 0.6) is 0 Å². The van der Waals surface area contributed by atoms with Crippen LogP contribution in [0.4, 0.5) is 16.2 Å². The van der Waals surface area contributed by atoms with Crippen LogP contribution in [0, 0.1) is 0 Å². The first-order valence-corrected chi connectivity index (χ1v) is 8.33. The van der Waals surface area contributed by atoms with E-state index in [-0.39, 0.29) is 11.1 Å². The van der Waals surface area contributed by atoms with Crippen LogP contribution < -0.4 is 9.80 Å². The van der Waals surface area contributed by atoms with Gasteiger partial charge in [-0.15, -0.1) is 0 Å². The fraction of sp³-hybridized carbons (Fsp3) is 0.125. The third-order valence-corrected chi connectivity index (χ3v) is 5.08. The van der Waals surface area contributed by atoms with Crippen molar-refractivity contribution in [3.63, 3.8) is 0 Å². The molecule has 0 aromatic heterocycles. The maximum Gasteiger partial charge on any atom is 0.295 e. The molecule has 1 aliphatic heterocycles. The Morgan fingerprint density at radius 3 is 2.32 bits per heavy atom. The van der Waals surface area contributed by atoms with Gasteiger partial charge in [0.2, 0.25) is 0 Å². The number of rotatable bonds is 3. The Labute approximate surface area is 141 Å². The van der Waals surface area contributed by atoms with Crippen LogP contribution in [-0.4, -0.2) is 23.6 Å². The fourth-order valence-electron chi connectivity index (χ4n) is 2.27. The van der Waals surface area contributed by atoms with Gasteiger partial charge in [0.15, 0.2) is 5.37 Å². The molecule has 0 saturated carbocycles. The second kappa shape index (κ2) is 6.14. The summed E-state index contributed by atoms with van der Waals surface area (Å²) in [7, 11) is 1.82. The van der Waals surface area contributed by atoms with Gasteiger partial charge in [0.25, 0.3) is 11.1 Å². The minimum Gasteiger partial charge on any atom is -0.354 e. The van der Waals surface area contributed by atoms with Crippen molar-refractivity contribution in [3.05, 3.63) is 59.1 Å². The molecule has 3 rings (SSSR count). The Morgan fingerprint density at radius 2 is 1.68 bits per heavy atom. The highest BCUT2D eigenvalue weighted by Gasteiger charge is 2.43. The Kier molecular flexibility index (Phi) is 4.22. The van der Waals surface area contributed by atoms with E-state index in [0.29, 0.717) is 5.69 Å². The quantitative estimate of drug-likeness (QED) is 0.807. The van der Waals surface area contributed by atoms with E-state index < -0.39 is 5.37 Å². The molecule has 1 aliphatic rings. The highest BCUT2D eigenvalue weighted by molar-refractivity contribution is 9.10. The minimum absolute atomic E-state index is 0.219. The van der Waals surface area contributed by atoms with Crippen molar-refractivity contribution in [2.24, 2.45) is 0 Å². The van der Waals surface area contributed by atoms with Crippen LogP contribution in [0.15, 0.2) is 59.1 Å². The molecule has 0 N–H and O–H groups in total. The lowest BCUT2D eigenvalue weighted by Crippen LogP contribution is -2.39. The summed E-state index contributed by atoms with van der Waals surface area (Å²) >= 11 is 4.38. The number of likely N-dealkylation sites (N-methyl/N-ethyl adjacent to an activating group) is 1. The van der Waals surface area contributed by atoms with Crippen LogP contribution in [0.1, 0.15) is 0 Å². The van der Waals surface area contributed by atoms with Gasteiger partial charge in [0.1, 0.15) is 0 Å². The van der Waals surface area contributed by atoms with Crippen LogP contribution in [0.2, 0.25) is 0 Å². The van der Waals surface area contributed by atoms with Crippen molar-refractivity contribution in [2.45, 2.75) is 5.37 Å². The molecule has 0 radical (unpaired) electrons. The lowest BCUT2D eigenvalue weighted by atomic mass is 10.2. The lowest BCUT2D eigenvalue weighted by molar-refractivity contribution is -0.116. The molecule has 0 spiro atoms. The molecule has 1 atom stereocenters. The summed E-state index contributed by atoms with van der Waals surface area (Å²) in [5, 5.41) is -0.793. The average molecular weight is 377 g/mol. The lowest BCUT2D eigenvalue weighted by Gasteiger charge is -2.24. The van der Waals surface area contributed by atoms with Gasteiger partial charge in [0.05, 0.1) is 5.69 Å². The monoisotopic (exact) mass is 376 g/mol. The van der Waals surface area contributed by atoms with E-state index in [4.69, 9.17) is 0 Å². The molecular weight excluding hydrogens is 364 g/mol. The second-order valence-electron chi connectivity index (χ2n) is 4.83. The molecule has 112 valence electrons. The van der Waals surface area contributed by atoms with Crippen molar-refractivity contribution in [2.75, 3.05) is 16.8 Å².